The van der Waals surface area contributed by atoms with Crippen LogP contribution in [0.5, 0.6) is 0 Å². The van der Waals surface area contributed by atoms with E-state index >= 15 is 0 Å². The van der Waals surface area contributed by atoms with Crippen molar-refractivity contribution in [3.05, 3.63) is 48.2 Å². The van der Waals surface area contributed by atoms with Crippen LogP contribution in [0.25, 0.3) is 17.0 Å². The topological polar surface area (TPSA) is 68.3 Å². The van der Waals surface area contributed by atoms with Gasteiger partial charge in [0, 0.05) is 29.3 Å². The fourth-order valence-electron chi connectivity index (χ4n) is 3.38. The molecule has 2 unspecified atom stereocenters. The first kappa shape index (κ1) is 18.1. The van der Waals surface area contributed by atoms with Crippen molar-refractivity contribution < 1.29 is 14.3 Å². The molecule has 26 heavy (non-hydrogen) atoms. The highest BCUT2D eigenvalue weighted by atomic mass is 16.5. The third-order valence-electron chi connectivity index (χ3n) is 4.87. The summed E-state index contributed by atoms with van der Waals surface area (Å²) in [4.78, 5) is 28.2. The number of carbonyl (C=O) groups is 2. The Balaban J connectivity index is 1.52. The number of esters is 1. The third kappa shape index (κ3) is 4.69. The van der Waals surface area contributed by atoms with Crippen molar-refractivity contribution in [1.82, 2.24) is 10.3 Å². The molecule has 2 atom stereocenters. The van der Waals surface area contributed by atoms with Crippen LogP contribution in [0, 0.1) is 5.92 Å². The van der Waals surface area contributed by atoms with Crippen LogP contribution in [-0.4, -0.2) is 29.5 Å². The van der Waals surface area contributed by atoms with E-state index < -0.39 is 5.97 Å². The van der Waals surface area contributed by atoms with Gasteiger partial charge in [-0.25, -0.2) is 4.79 Å². The van der Waals surface area contributed by atoms with E-state index in [9.17, 15) is 9.59 Å². The summed E-state index contributed by atoms with van der Waals surface area (Å²) < 4.78 is 5.06. The number of hydrogen-bond acceptors (Lipinski definition) is 4. The Morgan fingerprint density at radius 1 is 1.23 bits per heavy atom. The van der Waals surface area contributed by atoms with Crippen molar-refractivity contribution in [3.63, 3.8) is 0 Å². The second-order valence-corrected chi connectivity index (χ2v) is 6.80. The highest BCUT2D eigenvalue weighted by Crippen LogP contribution is 2.23. The van der Waals surface area contributed by atoms with Crippen LogP contribution in [0.1, 0.15) is 38.2 Å². The first-order valence-corrected chi connectivity index (χ1v) is 9.11. The molecule has 1 aliphatic carbocycles. The predicted octanol–water partition coefficient (Wildman–Crippen LogP) is 3.49. The molecule has 1 heterocycles. The number of fused-ring (bicyclic) bond motifs is 1. The summed E-state index contributed by atoms with van der Waals surface area (Å²) in [6.45, 7) is 1.90. The Morgan fingerprint density at radius 3 is 2.88 bits per heavy atom. The van der Waals surface area contributed by atoms with E-state index in [1.54, 1.807) is 12.3 Å². The van der Waals surface area contributed by atoms with E-state index in [4.69, 9.17) is 4.74 Å². The van der Waals surface area contributed by atoms with Crippen LogP contribution < -0.4 is 5.32 Å². The number of benzene rings is 1. The first-order chi connectivity index (χ1) is 12.6. The van der Waals surface area contributed by atoms with Crippen molar-refractivity contribution >= 4 is 28.9 Å². The van der Waals surface area contributed by atoms with E-state index in [2.05, 4.69) is 17.2 Å². The minimum absolute atomic E-state index is 0.187. The van der Waals surface area contributed by atoms with Crippen molar-refractivity contribution in [3.8, 4) is 0 Å². The van der Waals surface area contributed by atoms with Crippen LogP contribution in [0.15, 0.2) is 42.6 Å². The second kappa shape index (κ2) is 8.61. The molecule has 0 saturated heterocycles. The van der Waals surface area contributed by atoms with Gasteiger partial charge in [0.2, 0.25) is 0 Å². The Morgan fingerprint density at radius 2 is 2.04 bits per heavy atom. The lowest BCUT2D eigenvalue weighted by molar-refractivity contribution is -0.144. The summed E-state index contributed by atoms with van der Waals surface area (Å²) in [5.41, 5.74) is 1.66. The standard InChI is InChI=1S/C21H24N2O3/c1-15-6-2-3-10-18(15)23-19(24)14-26-20(25)12-11-17-8-4-7-16-9-5-13-22-21(16)17/h4-5,7-9,11-13,15,18H,2-3,6,10,14H2,1H3,(H,23,24)/b12-11+. The number of pyridine rings is 1. The number of hydrogen-bond donors (Lipinski definition) is 1. The molecule has 0 aliphatic heterocycles. The molecule has 1 fully saturated rings. The highest BCUT2D eigenvalue weighted by molar-refractivity contribution is 5.93. The number of para-hydroxylation sites is 1. The number of ether oxygens (including phenoxy) is 1. The van der Waals surface area contributed by atoms with E-state index in [-0.39, 0.29) is 18.6 Å². The second-order valence-electron chi connectivity index (χ2n) is 6.80. The molecule has 3 rings (SSSR count). The van der Waals surface area contributed by atoms with Gasteiger partial charge >= 0.3 is 5.97 Å². The average molecular weight is 352 g/mol. The number of nitrogens with zero attached hydrogens (tertiary/aromatic N) is 1. The first-order valence-electron chi connectivity index (χ1n) is 9.11. The van der Waals surface area contributed by atoms with Gasteiger partial charge in [-0.3, -0.25) is 9.78 Å². The number of carbonyl (C=O) groups excluding carboxylic acids is 2. The van der Waals surface area contributed by atoms with Crippen LogP contribution in [0.3, 0.4) is 0 Å². The number of amides is 1. The molecule has 1 N–H and O–H groups in total. The third-order valence-corrected chi connectivity index (χ3v) is 4.87. The summed E-state index contributed by atoms with van der Waals surface area (Å²) in [7, 11) is 0. The maximum Gasteiger partial charge on any atom is 0.331 e. The molecular formula is C21H24N2O3. The van der Waals surface area contributed by atoms with Crippen molar-refractivity contribution in [2.24, 2.45) is 5.92 Å². The Kier molecular flexibility index (Phi) is 6.00. The maximum absolute atomic E-state index is 12.0. The van der Waals surface area contributed by atoms with Gasteiger partial charge in [0.15, 0.2) is 6.61 Å². The highest BCUT2D eigenvalue weighted by Gasteiger charge is 2.22. The quantitative estimate of drug-likeness (QED) is 0.661. The molecule has 5 nitrogen and oxygen atoms in total. The summed E-state index contributed by atoms with van der Waals surface area (Å²) in [5, 5.41) is 3.98. The largest absolute Gasteiger partial charge is 0.452 e. The fraction of sp³-hybridized carbons (Fsp3) is 0.381. The Bertz CT molecular complexity index is 811. The molecule has 0 spiro atoms. The molecule has 2 aromatic rings. The van der Waals surface area contributed by atoms with E-state index in [0.717, 1.165) is 35.7 Å². The lowest BCUT2D eigenvalue weighted by Crippen LogP contribution is -2.42. The molecule has 136 valence electrons. The minimum Gasteiger partial charge on any atom is -0.452 e. The zero-order valence-electron chi connectivity index (χ0n) is 15.0. The zero-order chi connectivity index (χ0) is 18.4. The summed E-state index contributed by atoms with van der Waals surface area (Å²) in [6, 6.07) is 9.79. The van der Waals surface area contributed by atoms with Crippen LogP contribution >= 0.6 is 0 Å². The van der Waals surface area contributed by atoms with E-state index in [0.29, 0.717) is 5.92 Å². The normalized spacial score (nSPS) is 20.2. The minimum atomic E-state index is -0.537. The molecule has 0 bridgehead atoms. The van der Waals surface area contributed by atoms with Gasteiger partial charge in [0.25, 0.3) is 5.91 Å². The van der Waals surface area contributed by atoms with Gasteiger partial charge in [-0.15, -0.1) is 0 Å². The fourth-order valence-corrected chi connectivity index (χ4v) is 3.38. The van der Waals surface area contributed by atoms with Gasteiger partial charge in [-0.05, 0) is 30.9 Å². The zero-order valence-corrected chi connectivity index (χ0v) is 15.0. The smallest absolute Gasteiger partial charge is 0.331 e. The average Bonchev–Trinajstić information content (AvgIpc) is 2.66. The number of rotatable bonds is 5. The van der Waals surface area contributed by atoms with Crippen LogP contribution in [0.4, 0.5) is 0 Å². The predicted molar refractivity (Wildman–Crippen MR) is 101 cm³/mol. The molecule has 1 aromatic heterocycles. The van der Waals surface area contributed by atoms with Gasteiger partial charge in [-0.1, -0.05) is 44.0 Å². The van der Waals surface area contributed by atoms with Gasteiger partial charge in [-0.2, -0.15) is 0 Å². The van der Waals surface area contributed by atoms with Crippen molar-refractivity contribution in [1.29, 1.82) is 0 Å². The summed E-state index contributed by atoms with van der Waals surface area (Å²) >= 11 is 0. The van der Waals surface area contributed by atoms with Crippen LogP contribution in [-0.2, 0) is 14.3 Å². The Hall–Kier alpha value is -2.69. The van der Waals surface area contributed by atoms with Crippen LogP contribution in [0.2, 0.25) is 0 Å². The number of nitrogens with one attached hydrogen (secondary N) is 1. The maximum atomic E-state index is 12.0. The molecular weight excluding hydrogens is 328 g/mol. The molecule has 0 radical (unpaired) electrons. The molecule has 1 aromatic carbocycles. The summed E-state index contributed by atoms with van der Waals surface area (Å²) in [6.07, 6.45) is 9.20. The molecule has 1 amide bonds. The van der Waals surface area contributed by atoms with Crippen molar-refractivity contribution in [2.45, 2.75) is 38.6 Å². The van der Waals surface area contributed by atoms with E-state index in [1.165, 1.54) is 12.5 Å². The van der Waals surface area contributed by atoms with Gasteiger partial charge in [0.1, 0.15) is 0 Å². The Labute approximate surface area is 153 Å². The van der Waals surface area contributed by atoms with E-state index in [1.807, 2.05) is 30.3 Å². The SMILES string of the molecule is CC1CCCCC1NC(=O)COC(=O)/C=C/c1cccc2cccnc12. The van der Waals surface area contributed by atoms with Gasteiger partial charge in [0.05, 0.1) is 5.52 Å². The lowest BCUT2D eigenvalue weighted by Gasteiger charge is -2.29. The lowest BCUT2D eigenvalue weighted by atomic mass is 9.86. The molecule has 1 aliphatic rings. The molecule has 5 heteroatoms. The van der Waals surface area contributed by atoms with Crippen molar-refractivity contribution in [2.75, 3.05) is 6.61 Å². The monoisotopic (exact) mass is 352 g/mol. The molecule has 1 saturated carbocycles. The van der Waals surface area contributed by atoms with Gasteiger partial charge < -0.3 is 10.1 Å². The summed E-state index contributed by atoms with van der Waals surface area (Å²) in [5.74, 6) is -0.302. The number of aromatic nitrogens is 1.